The molecule has 0 saturated carbocycles. The van der Waals surface area contributed by atoms with E-state index in [0.29, 0.717) is 5.92 Å². The lowest BCUT2D eigenvalue weighted by Gasteiger charge is -2.35. The number of nitrogens with zero attached hydrogens (tertiary/aromatic N) is 3. The van der Waals surface area contributed by atoms with Crippen LogP contribution in [0.15, 0.2) is 84.9 Å². The van der Waals surface area contributed by atoms with E-state index >= 15 is 0 Å². The molecule has 1 heterocycles. The number of benzene rings is 4. The average molecular weight is 704 g/mol. The third-order valence-corrected chi connectivity index (χ3v) is 10.1. The predicted octanol–water partition coefficient (Wildman–Crippen LogP) is 7.69. The van der Waals surface area contributed by atoms with E-state index in [1.165, 1.54) is 0 Å². The molecule has 0 radical (unpaired) electrons. The van der Waals surface area contributed by atoms with E-state index in [1.54, 1.807) is 88.7 Å². The molecule has 1 fully saturated rings. The Hall–Kier alpha value is -5.44. The third-order valence-electron chi connectivity index (χ3n) is 10.1. The summed E-state index contributed by atoms with van der Waals surface area (Å²) in [5.41, 5.74) is 2.89. The number of unbranched alkanes of at least 4 members (excludes halogenated alkanes) is 1. The first-order chi connectivity index (χ1) is 25.1. The molecule has 9 heteroatoms. The second-order valence-electron chi connectivity index (χ2n) is 13.2. The molecule has 0 bridgehead atoms. The maximum absolute atomic E-state index is 13.8. The summed E-state index contributed by atoms with van der Waals surface area (Å²) in [6, 6.07) is 23.4. The van der Waals surface area contributed by atoms with Crippen molar-refractivity contribution in [3.05, 3.63) is 124 Å². The normalized spacial score (nSPS) is 13.5. The molecule has 5 rings (SSSR count). The summed E-state index contributed by atoms with van der Waals surface area (Å²) >= 11 is 0. The van der Waals surface area contributed by atoms with E-state index < -0.39 is 11.6 Å². The quantitative estimate of drug-likeness (QED) is 0.129. The van der Waals surface area contributed by atoms with Gasteiger partial charge in [-0.25, -0.2) is 0 Å². The van der Waals surface area contributed by atoms with Crippen LogP contribution >= 0.6 is 0 Å². The Labute approximate surface area is 306 Å². The number of rotatable bonds is 14. The number of phenols is 2. The van der Waals surface area contributed by atoms with Crippen LogP contribution in [0.2, 0.25) is 0 Å². The van der Waals surface area contributed by atoms with Gasteiger partial charge in [0.1, 0.15) is 11.5 Å². The molecule has 4 aromatic carbocycles. The summed E-state index contributed by atoms with van der Waals surface area (Å²) in [5.74, 6) is -1.52. The maximum atomic E-state index is 13.8. The molecule has 0 aromatic heterocycles. The van der Waals surface area contributed by atoms with Gasteiger partial charge in [0.25, 0.3) is 11.8 Å². The second-order valence-corrected chi connectivity index (χ2v) is 13.2. The Bertz CT molecular complexity index is 1930. The second kappa shape index (κ2) is 17.2. The minimum Gasteiger partial charge on any atom is -0.507 e. The van der Waals surface area contributed by atoms with Crippen LogP contribution in [0.5, 0.6) is 11.5 Å². The van der Waals surface area contributed by atoms with E-state index in [0.717, 1.165) is 50.0 Å². The minimum atomic E-state index is -0.454. The van der Waals surface area contributed by atoms with Crippen molar-refractivity contribution >= 4 is 29.1 Å². The lowest BCUT2D eigenvalue weighted by molar-refractivity contribution is 0.0533. The number of phenolic OH excluding ortho intramolecular Hbond substituents is 2. The zero-order chi connectivity index (χ0) is 37.4. The summed E-state index contributed by atoms with van der Waals surface area (Å²) in [5, 5.41) is 21.7. The molecule has 4 aromatic rings. The topological polar surface area (TPSA) is 118 Å². The van der Waals surface area contributed by atoms with Crippen molar-refractivity contribution in [2.75, 3.05) is 44.2 Å². The van der Waals surface area contributed by atoms with Crippen LogP contribution in [0.3, 0.4) is 0 Å². The van der Waals surface area contributed by atoms with Crippen molar-refractivity contribution in [3.63, 3.8) is 0 Å². The maximum Gasteiger partial charge on any atom is 0.254 e. The first kappa shape index (κ1) is 37.8. The van der Waals surface area contributed by atoms with Gasteiger partial charge in [0.15, 0.2) is 11.6 Å². The number of ketones is 2. The lowest BCUT2D eigenvalue weighted by atomic mass is 9.89. The summed E-state index contributed by atoms with van der Waals surface area (Å²) < 4.78 is 0. The van der Waals surface area contributed by atoms with E-state index in [4.69, 9.17) is 0 Å². The Morgan fingerprint density at radius 3 is 1.50 bits per heavy atom. The van der Waals surface area contributed by atoms with Gasteiger partial charge in [0.2, 0.25) is 0 Å². The van der Waals surface area contributed by atoms with Crippen LogP contribution in [0.25, 0.3) is 0 Å². The van der Waals surface area contributed by atoms with Crippen molar-refractivity contribution < 1.29 is 29.4 Å². The number of amides is 2. The van der Waals surface area contributed by atoms with E-state index in [2.05, 4.69) is 18.7 Å². The first-order valence-electron chi connectivity index (χ1n) is 18.4. The molecule has 2 amide bonds. The van der Waals surface area contributed by atoms with Crippen molar-refractivity contribution in [3.8, 4) is 11.5 Å². The molecule has 52 heavy (non-hydrogen) atoms. The van der Waals surface area contributed by atoms with Crippen molar-refractivity contribution in [1.82, 2.24) is 9.80 Å². The molecule has 1 unspecified atom stereocenters. The number of hydrogen-bond acceptors (Lipinski definition) is 7. The van der Waals surface area contributed by atoms with Gasteiger partial charge in [-0.2, -0.15) is 0 Å². The third kappa shape index (κ3) is 8.04. The number of piperazine rings is 1. The van der Waals surface area contributed by atoms with Gasteiger partial charge in [-0.1, -0.05) is 69.2 Å². The van der Waals surface area contributed by atoms with E-state index in [1.807, 2.05) is 19.9 Å². The molecule has 0 spiro atoms. The minimum absolute atomic E-state index is 0.0996. The molecule has 1 aliphatic rings. The molecular formula is C43H49N3O6. The van der Waals surface area contributed by atoms with Gasteiger partial charge in [-0.15, -0.1) is 0 Å². The lowest BCUT2D eigenvalue weighted by Crippen LogP contribution is -2.51. The molecular weight excluding hydrogens is 654 g/mol. The zero-order valence-corrected chi connectivity index (χ0v) is 30.6. The number of anilines is 1. The van der Waals surface area contributed by atoms with Crippen molar-refractivity contribution in [2.45, 2.75) is 59.3 Å². The fourth-order valence-corrected chi connectivity index (χ4v) is 7.03. The molecule has 2 N–H and O–H groups in total. The summed E-state index contributed by atoms with van der Waals surface area (Å²) in [6.45, 7) is 10.7. The molecule has 1 aliphatic heterocycles. The number of carbonyl (C=O) groups excluding carboxylic acids is 4. The highest BCUT2D eigenvalue weighted by molar-refractivity contribution is 6.17. The Kier molecular flexibility index (Phi) is 12.5. The van der Waals surface area contributed by atoms with E-state index in [9.17, 15) is 29.4 Å². The van der Waals surface area contributed by atoms with Gasteiger partial charge in [0, 0.05) is 62.1 Å². The van der Waals surface area contributed by atoms with Crippen LogP contribution in [-0.2, 0) is 0 Å². The Balaban J connectivity index is 1.29. The van der Waals surface area contributed by atoms with Crippen LogP contribution in [0.4, 0.5) is 5.69 Å². The molecule has 0 aliphatic carbocycles. The highest BCUT2D eigenvalue weighted by atomic mass is 16.3. The van der Waals surface area contributed by atoms with Gasteiger partial charge in [-0.05, 0) is 74.6 Å². The average Bonchev–Trinajstić information content (AvgIpc) is 3.18. The monoisotopic (exact) mass is 703 g/mol. The van der Waals surface area contributed by atoms with Gasteiger partial charge >= 0.3 is 0 Å². The number of hydrogen-bond donors (Lipinski definition) is 2. The summed E-state index contributed by atoms with van der Waals surface area (Å²) in [4.78, 5) is 60.4. The number of carbonyl (C=O) groups is 4. The SMILES string of the molecule is CCCCC(CC)c1ccc(C(=O)c2ccccc2C(=O)N2CCN(C(=O)c3ccccc3C(=O)c3ccc(N(CC)CC)cc3O)CC2)c(O)c1. The first-order valence-corrected chi connectivity index (χ1v) is 18.4. The molecule has 1 atom stereocenters. The fourth-order valence-electron chi connectivity index (χ4n) is 7.03. The van der Waals surface area contributed by atoms with Gasteiger partial charge in [0.05, 0.1) is 22.3 Å². The zero-order valence-electron chi connectivity index (χ0n) is 30.6. The van der Waals surface area contributed by atoms with Crippen molar-refractivity contribution in [1.29, 1.82) is 0 Å². The van der Waals surface area contributed by atoms with Crippen LogP contribution in [-0.4, -0.2) is 82.7 Å². The highest BCUT2D eigenvalue weighted by Crippen LogP contribution is 2.32. The van der Waals surface area contributed by atoms with Gasteiger partial charge < -0.3 is 24.9 Å². The molecule has 9 nitrogen and oxygen atoms in total. The van der Waals surface area contributed by atoms with Crippen LogP contribution in [0.1, 0.15) is 117 Å². The van der Waals surface area contributed by atoms with Gasteiger partial charge in [-0.3, -0.25) is 19.2 Å². The van der Waals surface area contributed by atoms with Crippen molar-refractivity contribution in [2.24, 2.45) is 0 Å². The summed E-state index contributed by atoms with van der Waals surface area (Å²) in [6.07, 6.45) is 4.12. The van der Waals surface area contributed by atoms with E-state index in [-0.39, 0.29) is 82.9 Å². The van der Waals surface area contributed by atoms with Crippen LogP contribution in [0, 0.1) is 0 Å². The number of aromatic hydroxyl groups is 2. The predicted molar refractivity (Wildman–Crippen MR) is 204 cm³/mol. The Morgan fingerprint density at radius 2 is 1.08 bits per heavy atom. The Morgan fingerprint density at radius 1 is 0.615 bits per heavy atom. The fraction of sp³-hybridized carbons (Fsp3) is 0.349. The largest absolute Gasteiger partial charge is 0.507 e. The molecule has 1 saturated heterocycles. The standard InChI is InChI=1S/C43H49N3O6/c1-5-9-14-29(6-2)30-19-21-36(38(47)27-30)40(49)32-15-10-12-17-34(32)42(51)45-23-25-46(26-24-45)43(52)35-18-13-11-16-33(35)41(50)37-22-20-31(28-39(37)48)44(7-3)8-4/h10-13,15-22,27-29,47-48H,5-9,14,23-26H2,1-4H3. The molecule has 272 valence electrons. The smallest absolute Gasteiger partial charge is 0.254 e. The highest BCUT2D eigenvalue weighted by Gasteiger charge is 2.30. The summed E-state index contributed by atoms with van der Waals surface area (Å²) in [7, 11) is 0. The van der Waals surface area contributed by atoms with Crippen LogP contribution < -0.4 is 4.90 Å².